The zero-order valence-electron chi connectivity index (χ0n) is 15.0. The van der Waals surface area contributed by atoms with E-state index in [1.165, 1.54) is 30.6 Å². The molecule has 0 radical (unpaired) electrons. The maximum atomic E-state index is 5.42. The molecule has 0 amide bonds. The van der Waals surface area contributed by atoms with Gasteiger partial charge in [-0.1, -0.05) is 37.3 Å². The van der Waals surface area contributed by atoms with E-state index in [2.05, 4.69) is 53.6 Å². The zero-order valence-corrected chi connectivity index (χ0v) is 15.9. The molecule has 0 aromatic heterocycles. The number of benzene rings is 2. The molecule has 2 N–H and O–H groups in total. The standard InChI is InChI=1S/C21H27N3S/c1-16-7-6-14-24(15-16)20-12-10-18(11-13-20)17(2)22-21(25)23-19-8-4-3-5-9-19/h3-5,8-13,16-17H,6-7,14-15H2,1-2H3,(H2,22,23,25)/t16-,17+/m1/s1. The lowest BCUT2D eigenvalue weighted by Crippen LogP contribution is -2.34. The first-order valence-electron chi connectivity index (χ1n) is 9.09. The Hall–Kier alpha value is -2.07. The van der Waals surface area contributed by atoms with E-state index in [0.717, 1.165) is 18.2 Å². The van der Waals surface area contributed by atoms with Crippen LogP contribution in [-0.4, -0.2) is 18.2 Å². The van der Waals surface area contributed by atoms with Crippen LogP contribution in [0.15, 0.2) is 54.6 Å². The number of thiocarbonyl (C=S) groups is 1. The van der Waals surface area contributed by atoms with Gasteiger partial charge in [-0.15, -0.1) is 0 Å². The summed E-state index contributed by atoms with van der Waals surface area (Å²) in [4.78, 5) is 2.50. The van der Waals surface area contributed by atoms with Gasteiger partial charge in [-0.3, -0.25) is 0 Å². The van der Waals surface area contributed by atoms with Crippen LogP contribution in [0.1, 0.15) is 38.3 Å². The summed E-state index contributed by atoms with van der Waals surface area (Å²) in [6, 6.07) is 19.0. The van der Waals surface area contributed by atoms with Gasteiger partial charge in [0.1, 0.15) is 0 Å². The number of hydrogen-bond donors (Lipinski definition) is 2. The van der Waals surface area contributed by atoms with Crippen molar-refractivity contribution in [2.24, 2.45) is 5.92 Å². The van der Waals surface area contributed by atoms with Crippen molar-refractivity contribution in [2.45, 2.75) is 32.7 Å². The number of para-hydroxylation sites is 1. The predicted octanol–water partition coefficient (Wildman–Crippen LogP) is 4.97. The van der Waals surface area contributed by atoms with Gasteiger partial charge in [0.2, 0.25) is 0 Å². The van der Waals surface area contributed by atoms with Gasteiger partial charge in [-0.25, -0.2) is 0 Å². The number of nitrogens with one attached hydrogen (secondary N) is 2. The van der Waals surface area contributed by atoms with Crippen molar-refractivity contribution >= 4 is 28.7 Å². The topological polar surface area (TPSA) is 27.3 Å². The van der Waals surface area contributed by atoms with Crippen molar-refractivity contribution in [3.63, 3.8) is 0 Å². The highest BCUT2D eigenvalue weighted by molar-refractivity contribution is 7.80. The molecule has 0 spiro atoms. The summed E-state index contributed by atoms with van der Waals surface area (Å²) in [6.45, 7) is 6.81. The van der Waals surface area contributed by atoms with E-state index in [0.29, 0.717) is 5.11 Å². The van der Waals surface area contributed by atoms with Crippen LogP contribution in [0.2, 0.25) is 0 Å². The van der Waals surface area contributed by atoms with Crippen LogP contribution in [0.25, 0.3) is 0 Å². The highest BCUT2D eigenvalue weighted by Crippen LogP contribution is 2.24. The highest BCUT2D eigenvalue weighted by Gasteiger charge is 2.16. The Labute approximate surface area is 156 Å². The molecular formula is C21H27N3S. The third-order valence-electron chi connectivity index (χ3n) is 4.79. The molecule has 4 heteroatoms. The molecule has 2 atom stereocenters. The fourth-order valence-electron chi connectivity index (χ4n) is 3.37. The summed E-state index contributed by atoms with van der Waals surface area (Å²) in [5.74, 6) is 0.787. The molecule has 1 aliphatic heterocycles. The maximum absolute atomic E-state index is 5.42. The largest absolute Gasteiger partial charge is 0.371 e. The van der Waals surface area contributed by atoms with Gasteiger partial charge in [0.15, 0.2) is 5.11 Å². The van der Waals surface area contributed by atoms with E-state index in [1.807, 2.05) is 30.3 Å². The smallest absolute Gasteiger partial charge is 0.171 e. The third kappa shape index (κ3) is 4.95. The van der Waals surface area contributed by atoms with E-state index in [4.69, 9.17) is 12.2 Å². The molecule has 3 nitrogen and oxygen atoms in total. The minimum atomic E-state index is 0.165. The zero-order chi connectivity index (χ0) is 17.6. The summed E-state index contributed by atoms with van der Waals surface area (Å²) in [6.07, 6.45) is 2.64. The van der Waals surface area contributed by atoms with Gasteiger partial charge in [0, 0.05) is 24.5 Å². The van der Waals surface area contributed by atoms with Gasteiger partial charge >= 0.3 is 0 Å². The molecule has 1 aliphatic rings. The number of rotatable bonds is 4. The third-order valence-corrected chi connectivity index (χ3v) is 5.01. The molecule has 132 valence electrons. The molecular weight excluding hydrogens is 326 g/mol. The van der Waals surface area contributed by atoms with Crippen molar-refractivity contribution in [2.75, 3.05) is 23.3 Å². The second-order valence-electron chi connectivity index (χ2n) is 6.97. The van der Waals surface area contributed by atoms with Gasteiger partial charge in [-0.05, 0) is 67.7 Å². The lowest BCUT2D eigenvalue weighted by Gasteiger charge is -2.33. The minimum Gasteiger partial charge on any atom is -0.371 e. The average molecular weight is 354 g/mol. The maximum Gasteiger partial charge on any atom is 0.171 e. The molecule has 1 fully saturated rings. The molecule has 3 rings (SSSR count). The quantitative estimate of drug-likeness (QED) is 0.759. The van der Waals surface area contributed by atoms with E-state index in [-0.39, 0.29) is 6.04 Å². The second kappa shape index (κ2) is 8.34. The molecule has 0 saturated carbocycles. The highest BCUT2D eigenvalue weighted by atomic mass is 32.1. The molecule has 25 heavy (non-hydrogen) atoms. The minimum absolute atomic E-state index is 0.165. The summed E-state index contributed by atoms with van der Waals surface area (Å²) >= 11 is 5.42. The summed E-state index contributed by atoms with van der Waals surface area (Å²) in [7, 11) is 0. The first-order chi connectivity index (χ1) is 12.1. The Balaban J connectivity index is 1.57. The molecule has 1 heterocycles. The normalized spacial score (nSPS) is 18.5. The Bertz CT molecular complexity index is 684. The van der Waals surface area contributed by atoms with E-state index >= 15 is 0 Å². The van der Waals surface area contributed by atoms with Crippen LogP contribution in [0.3, 0.4) is 0 Å². The van der Waals surface area contributed by atoms with Crippen LogP contribution in [0.4, 0.5) is 11.4 Å². The van der Waals surface area contributed by atoms with Crippen LogP contribution < -0.4 is 15.5 Å². The number of nitrogens with zero attached hydrogens (tertiary/aromatic N) is 1. The number of hydrogen-bond acceptors (Lipinski definition) is 2. The number of piperidine rings is 1. The Morgan fingerprint density at radius 3 is 2.52 bits per heavy atom. The Morgan fingerprint density at radius 2 is 1.84 bits per heavy atom. The predicted molar refractivity (Wildman–Crippen MR) is 111 cm³/mol. The first kappa shape index (κ1) is 17.7. The van der Waals surface area contributed by atoms with Gasteiger partial charge in [0.25, 0.3) is 0 Å². The Morgan fingerprint density at radius 1 is 1.12 bits per heavy atom. The molecule has 2 aromatic rings. The molecule has 0 unspecified atom stereocenters. The fraction of sp³-hybridized carbons (Fsp3) is 0.381. The fourth-order valence-corrected chi connectivity index (χ4v) is 3.66. The summed E-state index contributed by atoms with van der Waals surface area (Å²) in [5.41, 5.74) is 3.57. The summed E-state index contributed by atoms with van der Waals surface area (Å²) in [5, 5.41) is 7.23. The number of anilines is 2. The van der Waals surface area contributed by atoms with E-state index in [9.17, 15) is 0 Å². The average Bonchev–Trinajstić information content (AvgIpc) is 2.62. The van der Waals surface area contributed by atoms with E-state index in [1.54, 1.807) is 0 Å². The van der Waals surface area contributed by atoms with Crippen LogP contribution in [0, 0.1) is 5.92 Å². The van der Waals surface area contributed by atoms with Crippen LogP contribution >= 0.6 is 12.2 Å². The lowest BCUT2D eigenvalue weighted by atomic mass is 9.99. The van der Waals surface area contributed by atoms with Gasteiger partial charge < -0.3 is 15.5 Å². The van der Waals surface area contributed by atoms with Crippen molar-refractivity contribution in [3.8, 4) is 0 Å². The second-order valence-corrected chi connectivity index (χ2v) is 7.38. The molecule has 0 bridgehead atoms. The van der Waals surface area contributed by atoms with Crippen LogP contribution in [-0.2, 0) is 0 Å². The lowest BCUT2D eigenvalue weighted by molar-refractivity contribution is 0.447. The van der Waals surface area contributed by atoms with Crippen LogP contribution in [0.5, 0.6) is 0 Å². The van der Waals surface area contributed by atoms with Crippen molar-refractivity contribution in [1.82, 2.24) is 5.32 Å². The van der Waals surface area contributed by atoms with Crippen molar-refractivity contribution < 1.29 is 0 Å². The molecule has 0 aliphatic carbocycles. The van der Waals surface area contributed by atoms with Crippen molar-refractivity contribution in [3.05, 3.63) is 60.2 Å². The van der Waals surface area contributed by atoms with E-state index < -0.39 is 0 Å². The molecule has 1 saturated heterocycles. The SMILES string of the molecule is C[C@@H]1CCCN(c2ccc([C@H](C)NC(=S)Nc3ccccc3)cc2)C1. The monoisotopic (exact) mass is 353 g/mol. The van der Waals surface area contributed by atoms with Crippen molar-refractivity contribution in [1.29, 1.82) is 0 Å². The first-order valence-corrected chi connectivity index (χ1v) is 9.50. The van der Waals surface area contributed by atoms with Gasteiger partial charge in [0.05, 0.1) is 6.04 Å². The Kier molecular flexibility index (Phi) is 5.92. The van der Waals surface area contributed by atoms with Gasteiger partial charge in [-0.2, -0.15) is 0 Å². The molecule has 2 aromatic carbocycles. The summed E-state index contributed by atoms with van der Waals surface area (Å²) < 4.78 is 0.